The van der Waals surface area contributed by atoms with Crippen molar-refractivity contribution in [3.63, 3.8) is 0 Å². The van der Waals surface area contributed by atoms with E-state index in [0.29, 0.717) is 35.8 Å². The molecule has 1 aliphatic heterocycles. The van der Waals surface area contributed by atoms with Crippen LogP contribution in [0.5, 0.6) is 0 Å². The summed E-state index contributed by atoms with van der Waals surface area (Å²) in [6, 6.07) is 17.5. The molecule has 0 radical (unpaired) electrons. The highest BCUT2D eigenvalue weighted by Crippen LogP contribution is 2.48. The van der Waals surface area contributed by atoms with Gasteiger partial charge in [0.05, 0.1) is 0 Å². The number of esters is 1. The molecule has 0 saturated carbocycles. The molecule has 4 nitrogen and oxygen atoms in total. The van der Waals surface area contributed by atoms with Crippen LogP contribution in [0.4, 0.5) is 0 Å². The smallest absolute Gasteiger partial charge is 0.315 e. The third-order valence-corrected chi connectivity index (χ3v) is 7.54. The van der Waals surface area contributed by atoms with Gasteiger partial charge in [-0.1, -0.05) is 67.1 Å². The third kappa shape index (κ3) is 5.10. The zero-order valence-electron chi connectivity index (χ0n) is 18.9. The second-order valence-corrected chi connectivity index (χ2v) is 10.2. The molecule has 0 fully saturated rings. The lowest BCUT2D eigenvalue weighted by Gasteiger charge is -2.36. The lowest BCUT2D eigenvalue weighted by Crippen LogP contribution is -2.38. The van der Waals surface area contributed by atoms with E-state index < -0.39 is 11.8 Å². The maximum Gasteiger partial charge on any atom is 0.315 e. The summed E-state index contributed by atoms with van der Waals surface area (Å²) in [5.74, 6) is 0.336. The monoisotopic (exact) mass is 481 g/mol. The van der Waals surface area contributed by atoms with E-state index in [0.717, 1.165) is 28.3 Å². The number of rotatable bonds is 7. The first kappa shape index (κ1) is 23.8. The molecule has 0 aromatic heterocycles. The number of hydrogen-bond donors (Lipinski definition) is 0. The van der Waals surface area contributed by atoms with Crippen molar-refractivity contribution in [1.29, 1.82) is 0 Å². The number of halogens is 1. The number of Topliss-reactive ketones (excluding diaryl/α,β-unsaturated/α-hetero) is 1. The Labute approximate surface area is 204 Å². The first-order valence-electron chi connectivity index (χ1n) is 11.4. The molecule has 4 rings (SSSR count). The topological polar surface area (TPSA) is 55.7 Å². The normalized spacial score (nSPS) is 22.6. The summed E-state index contributed by atoms with van der Waals surface area (Å²) in [6.45, 7) is 4.27. The zero-order valence-corrected chi connectivity index (χ0v) is 20.5. The van der Waals surface area contributed by atoms with Crippen molar-refractivity contribution in [2.24, 2.45) is 10.9 Å². The largest absolute Gasteiger partial charge is 0.464 e. The van der Waals surface area contributed by atoms with Crippen molar-refractivity contribution < 1.29 is 14.3 Å². The van der Waals surface area contributed by atoms with Crippen LogP contribution in [0.3, 0.4) is 0 Å². The molecule has 0 bridgehead atoms. The van der Waals surface area contributed by atoms with Crippen LogP contribution in [0.2, 0.25) is 5.02 Å². The van der Waals surface area contributed by atoms with E-state index in [1.165, 1.54) is 0 Å². The fourth-order valence-electron chi connectivity index (χ4n) is 4.82. The van der Waals surface area contributed by atoms with E-state index in [-0.39, 0.29) is 17.7 Å². The Morgan fingerprint density at radius 2 is 1.85 bits per heavy atom. The number of ether oxygens (including phenoxy) is 1. The maximum atomic E-state index is 13.6. The van der Waals surface area contributed by atoms with Gasteiger partial charge in [-0.15, -0.1) is 0 Å². The number of carbonyl (C=O) groups excluding carboxylic acids is 2. The molecule has 2 aliphatic rings. The molecular weight excluding hydrogens is 454 g/mol. The highest BCUT2D eigenvalue weighted by Gasteiger charge is 2.45. The third-order valence-electron chi connectivity index (χ3n) is 6.33. The van der Waals surface area contributed by atoms with Gasteiger partial charge in [0.25, 0.3) is 0 Å². The Balaban J connectivity index is 1.72. The molecule has 172 valence electrons. The predicted molar refractivity (Wildman–Crippen MR) is 135 cm³/mol. The molecule has 0 N–H and O–H groups in total. The Morgan fingerprint density at radius 1 is 1.12 bits per heavy atom. The standard InChI is InChI=1S/C27H28ClNO3S/c1-3-33-14-13-32-27(31)24-17(2)29-22-15-19(18-9-5-4-6-10-18)16-23(30)26(22)25(24)20-11-7-8-12-21(20)28/h4-12,19,24-25H,3,13-16H2,1-2H3/t19-,24?,25+/m1/s1. The van der Waals surface area contributed by atoms with Crippen LogP contribution in [-0.4, -0.2) is 35.6 Å². The van der Waals surface area contributed by atoms with Crippen molar-refractivity contribution in [3.05, 3.63) is 82.0 Å². The van der Waals surface area contributed by atoms with Crippen molar-refractivity contribution in [2.75, 3.05) is 18.1 Å². The Morgan fingerprint density at radius 3 is 2.58 bits per heavy atom. The van der Waals surface area contributed by atoms with Gasteiger partial charge in [-0.05, 0) is 42.2 Å². The SMILES string of the molecule is CCSCCOC(=O)C1C(C)=NC2=C(C(=O)C[C@H](c3ccccc3)C2)[C@H]1c1ccccc1Cl. The summed E-state index contributed by atoms with van der Waals surface area (Å²) < 4.78 is 5.63. The first-order chi connectivity index (χ1) is 16.0. The minimum atomic E-state index is -0.660. The zero-order chi connectivity index (χ0) is 23.4. The molecule has 2 aromatic carbocycles. The number of nitrogens with zero attached hydrogens (tertiary/aromatic N) is 1. The summed E-state index contributed by atoms with van der Waals surface area (Å²) in [7, 11) is 0. The summed E-state index contributed by atoms with van der Waals surface area (Å²) in [5, 5.41) is 0.543. The molecule has 0 saturated heterocycles. The molecule has 1 heterocycles. The van der Waals surface area contributed by atoms with E-state index >= 15 is 0 Å². The number of aliphatic imine (C=N–C) groups is 1. The number of benzene rings is 2. The second kappa shape index (κ2) is 10.7. The van der Waals surface area contributed by atoms with Crippen LogP contribution in [0.15, 0.2) is 70.9 Å². The van der Waals surface area contributed by atoms with Crippen molar-refractivity contribution in [1.82, 2.24) is 0 Å². The maximum absolute atomic E-state index is 13.6. The number of thioether (sulfide) groups is 1. The molecule has 3 atom stereocenters. The lowest BCUT2D eigenvalue weighted by atomic mass is 9.69. The summed E-state index contributed by atoms with van der Waals surface area (Å²) >= 11 is 8.32. The van der Waals surface area contributed by atoms with Gasteiger partial charge in [0.15, 0.2) is 5.78 Å². The Kier molecular flexibility index (Phi) is 7.71. The van der Waals surface area contributed by atoms with Gasteiger partial charge >= 0.3 is 5.97 Å². The van der Waals surface area contributed by atoms with Gasteiger partial charge in [-0.2, -0.15) is 11.8 Å². The molecular formula is C27H28ClNO3S. The van der Waals surface area contributed by atoms with E-state index in [1.54, 1.807) is 17.8 Å². The first-order valence-corrected chi connectivity index (χ1v) is 12.9. The van der Waals surface area contributed by atoms with Crippen LogP contribution in [0.25, 0.3) is 0 Å². The summed E-state index contributed by atoms with van der Waals surface area (Å²) in [4.78, 5) is 31.6. The van der Waals surface area contributed by atoms with Gasteiger partial charge in [0.1, 0.15) is 12.5 Å². The Hall–Kier alpha value is -2.37. The highest BCUT2D eigenvalue weighted by molar-refractivity contribution is 7.99. The van der Waals surface area contributed by atoms with E-state index in [4.69, 9.17) is 21.3 Å². The van der Waals surface area contributed by atoms with Crippen LogP contribution in [0, 0.1) is 5.92 Å². The fraction of sp³-hybridized carbons (Fsp3) is 0.370. The molecule has 33 heavy (non-hydrogen) atoms. The lowest BCUT2D eigenvalue weighted by molar-refractivity contribution is -0.145. The molecule has 0 amide bonds. The fourth-order valence-corrected chi connectivity index (χ4v) is 5.57. The minimum Gasteiger partial charge on any atom is -0.464 e. The Bertz CT molecular complexity index is 1100. The van der Waals surface area contributed by atoms with Gasteiger partial charge in [0.2, 0.25) is 0 Å². The second-order valence-electron chi connectivity index (χ2n) is 8.39. The van der Waals surface area contributed by atoms with Crippen LogP contribution in [-0.2, 0) is 14.3 Å². The minimum absolute atomic E-state index is 0.0330. The van der Waals surface area contributed by atoms with Crippen molar-refractivity contribution in [2.45, 2.75) is 38.5 Å². The average Bonchev–Trinajstić information content (AvgIpc) is 2.81. The quantitative estimate of drug-likeness (QED) is 0.348. The van der Waals surface area contributed by atoms with Gasteiger partial charge < -0.3 is 4.74 Å². The van der Waals surface area contributed by atoms with Gasteiger partial charge in [0, 0.05) is 40.1 Å². The van der Waals surface area contributed by atoms with E-state index in [1.807, 2.05) is 43.3 Å². The molecule has 1 unspecified atom stereocenters. The summed E-state index contributed by atoms with van der Waals surface area (Å²) in [6.07, 6.45) is 1.06. The van der Waals surface area contributed by atoms with Crippen molar-refractivity contribution in [3.8, 4) is 0 Å². The van der Waals surface area contributed by atoms with Crippen molar-refractivity contribution >= 4 is 40.8 Å². The predicted octanol–water partition coefficient (Wildman–Crippen LogP) is 6.21. The summed E-state index contributed by atoms with van der Waals surface area (Å²) in [5.41, 5.74) is 3.97. The molecule has 2 aromatic rings. The van der Waals surface area contributed by atoms with E-state index in [9.17, 15) is 9.59 Å². The van der Waals surface area contributed by atoms with Gasteiger partial charge in [-0.25, -0.2) is 0 Å². The molecule has 0 spiro atoms. The van der Waals surface area contributed by atoms with Gasteiger partial charge in [-0.3, -0.25) is 14.6 Å². The average molecular weight is 482 g/mol. The van der Waals surface area contributed by atoms with Crippen LogP contribution in [0.1, 0.15) is 49.7 Å². The number of carbonyl (C=O) groups is 2. The number of ketones is 1. The highest BCUT2D eigenvalue weighted by atomic mass is 35.5. The van der Waals surface area contributed by atoms with E-state index in [2.05, 4.69) is 19.1 Å². The number of hydrogen-bond acceptors (Lipinski definition) is 5. The van der Waals surface area contributed by atoms with Crippen LogP contribution < -0.4 is 0 Å². The molecule has 6 heteroatoms. The van der Waals surface area contributed by atoms with Crippen LogP contribution >= 0.6 is 23.4 Å². The number of allylic oxidation sites excluding steroid dienone is 2. The molecule has 1 aliphatic carbocycles.